The second-order valence-corrected chi connectivity index (χ2v) is 6.85. The lowest BCUT2D eigenvalue weighted by Gasteiger charge is -2.22. The van der Waals surface area contributed by atoms with Crippen LogP contribution in [-0.4, -0.2) is 24.4 Å². The van der Waals surface area contributed by atoms with Crippen molar-refractivity contribution in [3.63, 3.8) is 0 Å². The predicted molar refractivity (Wildman–Crippen MR) is 105 cm³/mol. The molecule has 27 heavy (non-hydrogen) atoms. The highest BCUT2D eigenvalue weighted by Gasteiger charge is 2.15. The molecule has 0 aromatic heterocycles. The van der Waals surface area contributed by atoms with Crippen LogP contribution < -0.4 is 15.4 Å². The molecule has 0 radical (unpaired) electrons. The second-order valence-electron chi connectivity index (χ2n) is 6.85. The van der Waals surface area contributed by atoms with Gasteiger partial charge < -0.3 is 15.4 Å². The van der Waals surface area contributed by atoms with Crippen molar-refractivity contribution in [2.24, 2.45) is 0 Å². The molecule has 2 amide bonds. The molecule has 1 fully saturated rings. The average molecular weight is 366 g/mol. The number of carbonyl (C=O) groups excluding carboxylic acids is 2. The highest BCUT2D eigenvalue weighted by atomic mass is 16.5. The normalized spacial score (nSPS) is 14.4. The molecule has 2 N–H and O–H groups in total. The van der Waals surface area contributed by atoms with E-state index < -0.39 is 0 Å². The highest BCUT2D eigenvalue weighted by molar-refractivity contribution is 5.94. The summed E-state index contributed by atoms with van der Waals surface area (Å²) in [4.78, 5) is 24.3. The Bertz CT molecular complexity index is 755. The van der Waals surface area contributed by atoms with Gasteiger partial charge in [0.15, 0.2) is 0 Å². The zero-order chi connectivity index (χ0) is 18.9. The van der Waals surface area contributed by atoms with Gasteiger partial charge >= 0.3 is 0 Å². The fourth-order valence-electron chi connectivity index (χ4n) is 3.26. The van der Waals surface area contributed by atoms with Crippen molar-refractivity contribution >= 4 is 11.8 Å². The van der Waals surface area contributed by atoms with E-state index >= 15 is 0 Å². The Morgan fingerprint density at radius 3 is 2.44 bits per heavy atom. The maximum absolute atomic E-state index is 12.3. The van der Waals surface area contributed by atoms with Crippen LogP contribution >= 0.6 is 0 Å². The quantitative estimate of drug-likeness (QED) is 0.777. The molecule has 0 atom stereocenters. The Kier molecular flexibility index (Phi) is 6.85. The summed E-state index contributed by atoms with van der Waals surface area (Å²) < 4.78 is 5.75. The number of carbonyl (C=O) groups is 2. The lowest BCUT2D eigenvalue weighted by Crippen LogP contribution is -2.38. The van der Waals surface area contributed by atoms with Crippen LogP contribution in [0.15, 0.2) is 54.6 Å². The summed E-state index contributed by atoms with van der Waals surface area (Å²) in [5.74, 6) is 1.11. The van der Waals surface area contributed by atoms with E-state index in [1.54, 1.807) is 24.3 Å². The summed E-state index contributed by atoms with van der Waals surface area (Å²) in [5, 5.41) is 5.86. The smallest absolute Gasteiger partial charge is 0.251 e. The van der Waals surface area contributed by atoms with E-state index in [2.05, 4.69) is 10.6 Å². The average Bonchev–Trinajstić information content (AvgIpc) is 2.69. The third-order valence-corrected chi connectivity index (χ3v) is 4.68. The van der Waals surface area contributed by atoms with Crippen LogP contribution in [0.5, 0.6) is 11.5 Å². The van der Waals surface area contributed by atoms with Gasteiger partial charge in [0.25, 0.3) is 5.91 Å². The predicted octanol–water partition coefficient (Wildman–Crippen LogP) is 4.05. The minimum atomic E-state index is -0.209. The van der Waals surface area contributed by atoms with Gasteiger partial charge in [-0.05, 0) is 43.2 Å². The minimum Gasteiger partial charge on any atom is -0.457 e. The molecule has 0 bridgehead atoms. The molecule has 0 aliphatic heterocycles. The van der Waals surface area contributed by atoms with Crippen molar-refractivity contribution in [3.8, 4) is 11.5 Å². The Balaban J connectivity index is 1.45. The summed E-state index contributed by atoms with van der Waals surface area (Å²) in [6.07, 6.45) is 6.04. The summed E-state index contributed by atoms with van der Waals surface area (Å²) in [7, 11) is 0. The van der Waals surface area contributed by atoms with Gasteiger partial charge in [-0.25, -0.2) is 0 Å². The molecule has 0 saturated heterocycles. The minimum absolute atomic E-state index is 0.00311. The first kappa shape index (κ1) is 19.0. The van der Waals surface area contributed by atoms with Gasteiger partial charge in [0.05, 0.1) is 0 Å². The third-order valence-electron chi connectivity index (χ3n) is 4.68. The molecule has 1 aliphatic carbocycles. The number of benzene rings is 2. The molecule has 5 heteroatoms. The molecule has 0 heterocycles. The third kappa shape index (κ3) is 6.13. The van der Waals surface area contributed by atoms with Crippen molar-refractivity contribution in [2.45, 2.75) is 44.6 Å². The van der Waals surface area contributed by atoms with E-state index in [0.717, 1.165) is 18.6 Å². The zero-order valence-electron chi connectivity index (χ0n) is 15.4. The number of nitrogens with one attached hydrogen (secondary N) is 2. The van der Waals surface area contributed by atoms with E-state index in [4.69, 9.17) is 4.74 Å². The van der Waals surface area contributed by atoms with Crippen LogP contribution in [0.4, 0.5) is 0 Å². The van der Waals surface area contributed by atoms with Crippen LogP contribution in [0.25, 0.3) is 0 Å². The van der Waals surface area contributed by atoms with Crippen LogP contribution in [0.3, 0.4) is 0 Å². The molecule has 0 spiro atoms. The molecular formula is C22H26N2O3. The fraction of sp³-hybridized carbons (Fsp3) is 0.364. The standard InChI is InChI=1S/C22H26N2O3/c25-21(24-18-9-3-1-4-10-18)14-15-23-22(26)17-8-7-13-20(16-17)27-19-11-5-2-6-12-19/h2,5-8,11-13,16,18H,1,3-4,9-10,14-15H2,(H,23,26)(H,24,25). The number of amides is 2. The van der Waals surface area contributed by atoms with E-state index in [1.807, 2.05) is 30.3 Å². The SMILES string of the molecule is O=C(CCNC(=O)c1cccc(Oc2ccccc2)c1)NC1CCCCC1. The van der Waals surface area contributed by atoms with E-state index in [-0.39, 0.29) is 11.8 Å². The van der Waals surface area contributed by atoms with Crippen molar-refractivity contribution in [1.82, 2.24) is 10.6 Å². The first-order valence-corrected chi connectivity index (χ1v) is 9.61. The first-order chi connectivity index (χ1) is 13.2. The summed E-state index contributed by atoms with van der Waals surface area (Å²) in [6.45, 7) is 0.321. The highest BCUT2D eigenvalue weighted by Crippen LogP contribution is 2.21. The number of hydrogen-bond acceptors (Lipinski definition) is 3. The van der Waals surface area contributed by atoms with E-state index in [9.17, 15) is 9.59 Å². The molecule has 2 aromatic rings. The van der Waals surface area contributed by atoms with Crippen molar-refractivity contribution < 1.29 is 14.3 Å². The Morgan fingerprint density at radius 2 is 1.67 bits per heavy atom. The van der Waals surface area contributed by atoms with Crippen molar-refractivity contribution in [3.05, 3.63) is 60.2 Å². The first-order valence-electron chi connectivity index (χ1n) is 9.61. The summed E-state index contributed by atoms with van der Waals surface area (Å²) in [6, 6.07) is 16.7. The van der Waals surface area contributed by atoms with Crippen molar-refractivity contribution in [1.29, 1.82) is 0 Å². The van der Waals surface area contributed by atoms with Gasteiger partial charge in [0, 0.05) is 24.6 Å². The van der Waals surface area contributed by atoms with Crippen LogP contribution in [0.1, 0.15) is 48.9 Å². The Hall–Kier alpha value is -2.82. The van der Waals surface area contributed by atoms with Crippen LogP contribution in [-0.2, 0) is 4.79 Å². The molecule has 3 rings (SSSR count). The van der Waals surface area contributed by atoms with Gasteiger partial charge in [-0.1, -0.05) is 43.5 Å². The number of ether oxygens (including phenoxy) is 1. The van der Waals surface area contributed by atoms with E-state index in [0.29, 0.717) is 30.3 Å². The lowest BCUT2D eigenvalue weighted by molar-refractivity contribution is -0.121. The summed E-state index contributed by atoms with van der Waals surface area (Å²) >= 11 is 0. The van der Waals surface area contributed by atoms with Gasteiger partial charge in [0.1, 0.15) is 11.5 Å². The van der Waals surface area contributed by atoms with Gasteiger partial charge in [0.2, 0.25) is 5.91 Å². The summed E-state index contributed by atoms with van der Waals surface area (Å²) in [5.41, 5.74) is 0.510. The van der Waals surface area contributed by atoms with Crippen LogP contribution in [0.2, 0.25) is 0 Å². The van der Waals surface area contributed by atoms with Crippen LogP contribution in [0, 0.1) is 0 Å². The molecule has 1 saturated carbocycles. The largest absolute Gasteiger partial charge is 0.457 e. The van der Waals surface area contributed by atoms with Gasteiger partial charge in [-0.3, -0.25) is 9.59 Å². The maximum atomic E-state index is 12.3. The Labute approximate surface area is 160 Å². The van der Waals surface area contributed by atoms with Gasteiger partial charge in [-0.2, -0.15) is 0 Å². The lowest BCUT2D eigenvalue weighted by atomic mass is 9.95. The van der Waals surface area contributed by atoms with Crippen molar-refractivity contribution in [2.75, 3.05) is 6.54 Å². The zero-order valence-corrected chi connectivity index (χ0v) is 15.4. The van der Waals surface area contributed by atoms with E-state index in [1.165, 1.54) is 19.3 Å². The molecule has 142 valence electrons. The molecule has 5 nitrogen and oxygen atoms in total. The Morgan fingerprint density at radius 1 is 0.926 bits per heavy atom. The number of rotatable bonds is 7. The molecule has 1 aliphatic rings. The molecular weight excluding hydrogens is 340 g/mol. The molecule has 2 aromatic carbocycles. The number of hydrogen-bond donors (Lipinski definition) is 2. The maximum Gasteiger partial charge on any atom is 0.251 e. The molecule has 0 unspecified atom stereocenters. The monoisotopic (exact) mass is 366 g/mol. The fourth-order valence-corrected chi connectivity index (χ4v) is 3.26. The number of para-hydroxylation sites is 1. The topological polar surface area (TPSA) is 67.4 Å². The second kappa shape index (κ2) is 9.76. The van der Waals surface area contributed by atoms with Gasteiger partial charge in [-0.15, -0.1) is 0 Å².